The monoisotopic (exact) mass is 275 g/mol. The number of ether oxygens (including phenoxy) is 1. The summed E-state index contributed by atoms with van der Waals surface area (Å²) in [6.07, 6.45) is 5.13. The summed E-state index contributed by atoms with van der Waals surface area (Å²) in [5, 5.41) is 0. The molecule has 0 heterocycles. The Kier molecular flexibility index (Phi) is 5.09. The highest BCUT2D eigenvalue weighted by molar-refractivity contribution is 5.47. The molecule has 3 atom stereocenters. The molecule has 0 saturated heterocycles. The van der Waals surface area contributed by atoms with Crippen LogP contribution in [0.4, 0.5) is 0 Å². The molecule has 0 amide bonds. The summed E-state index contributed by atoms with van der Waals surface area (Å²) in [7, 11) is 1.79. The highest BCUT2D eigenvalue weighted by Crippen LogP contribution is 2.45. The van der Waals surface area contributed by atoms with Crippen LogP contribution in [-0.4, -0.2) is 13.7 Å². The maximum Gasteiger partial charge on any atom is 0.125 e. The van der Waals surface area contributed by atoms with Crippen LogP contribution in [0.1, 0.15) is 55.2 Å². The van der Waals surface area contributed by atoms with Gasteiger partial charge in [0.15, 0.2) is 0 Å². The molecule has 3 unspecified atom stereocenters. The molecule has 1 aromatic carbocycles. The van der Waals surface area contributed by atoms with E-state index in [1.807, 2.05) is 0 Å². The predicted molar refractivity (Wildman–Crippen MR) is 85.4 cm³/mol. The van der Waals surface area contributed by atoms with Crippen LogP contribution in [0.15, 0.2) is 12.1 Å². The number of hydrogen-bond acceptors (Lipinski definition) is 2. The molecule has 20 heavy (non-hydrogen) atoms. The van der Waals surface area contributed by atoms with Gasteiger partial charge >= 0.3 is 0 Å². The second-order valence-electron chi connectivity index (χ2n) is 6.32. The number of methoxy groups -OCH3 is 1. The van der Waals surface area contributed by atoms with Gasteiger partial charge < -0.3 is 10.5 Å². The minimum absolute atomic E-state index is 0.563. The Labute approximate surface area is 123 Å². The highest BCUT2D eigenvalue weighted by Gasteiger charge is 2.32. The van der Waals surface area contributed by atoms with Crippen LogP contribution < -0.4 is 10.5 Å². The molecule has 1 aliphatic carbocycles. The third kappa shape index (κ3) is 2.85. The van der Waals surface area contributed by atoms with E-state index in [9.17, 15) is 0 Å². The lowest BCUT2D eigenvalue weighted by molar-refractivity contribution is 0.231. The molecule has 112 valence electrons. The van der Waals surface area contributed by atoms with E-state index in [0.29, 0.717) is 11.8 Å². The van der Waals surface area contributed by atoms with Gasteiger partial charge in [0.1, 0.15) is 5.75 Å². The van der Waals surface area contributed by atoms with Crippen molar-refractivity contribution in [3.63, 3.8) is 0 Å². The van der Waals surface area contributed by atoms with E-state index in [2.05, 4.69) is 32.9 Å². The molecule has 1 fully saturated rings. The lowest BCUT2D eigenvalue weighted by Crippen LogP contribution is -2.29. The minimum Gasteiger partial charge on any atom is -0.496 e. The van der Waals surface area contributed by atoms with Crippen molar-refractivity contribution >= 4 is 0 Å². The first-order valence-corrected chi connectivity index (χ1v) is 7.96. The van der Waals surface area contributed by atoms with Gasteiger partial charge in [0.05, 0.1) is 7.11 Å². The van der Waals surface area contributed by atoms with Gasteiger partial charge in [0.25, 0.3) is 0 Å². The standard InChI is InChI=1S/C18H29NO/c1-5-14-7-8-15(11-19)17(10-14)16-9-6-12(2)13(3)18(16)20-4/h6,9,14-15,17H,5,7-8,10-11,19H2,1-4H3. The SMILES string of the molecule is CCC1CCC(CN)C(c2ccc(C)c(C)c2OC)C1. The van der Waals surface area contributed by atoms with Crippen molar-refractivity contribution in [1.82, 2.24) is 0 Å². The van der Waals surface area contributed by atoms with E-state index in [4.69, 9.17) is 10.5 Å². The Morgan fingerprint density at radius 3 is 2.60 bits per heavy atom. The highest BCUT2D eigenvalue weighted by atomic mass is 16.5. The Morgan fingerprint density at radius 2 is 2.00 bits per heavy atom. The molecule has 2 rings (SSSR count). The van der Waals surface area contributed by atoms with Crippen LogP contribution in [0.25, 0.3) is 0 Å². The van der Waals surface area contributed by atoms with Gasteiger partial charge in [0, 0.05) is 0 Å². The predicted octanol–water partition coefficient (Wildman–Crippen LogP) is 4.18. The van der Waals surface area contributed by atoms with Crippen molar-refractivity contribution in [1.29, 1.82) is 0 Å². The molecular formula is C18H29NO. The van der Waals surface area contributed by atoms with Gasteiger partial charge in [-0.25, -0.2) is 0 Å². The molecule has 1 aromatic rings. The van der Waals surface area contributed by atoms with Gasteiger partial charge in [-0.3, -0.25) is 0 Å². The van der Waals surface area contributed by atoms with Crippen LogP contribution >= 0.6 is 0 Å². The molecule has 0 spiro atoms. The maximum atomic E-state index is 6.04. The molecular weight excluding hydrogens is 246 g/mol. The number of benzene rings is 1. The first kappa shape index (κ1) is 15.4. The molecule has 1 aliphatic rings. The lowest BCUT2D eigenvalue weighted by atomic mass is 9.70. The summed E-state index contributed by atoms with van der Waals surface area (Å²) in [5.74, 6) is 3.10. The van der Waals surface area contributed by atoms with Crippen LogP contribution in [0.2, 0.25) is 0 Å². The average Bonchev–Trinajstić information content (AvgIpc) is 2.49. The summed E-state index contributed by atoms with van der Waals surface area (Å²) in [6, 6.07) is 4.50. The number of rotatable bonds is 4. The maximum absolute atomic E-state index is 6.04. The molecule has 2 nitrogen and oxygen atoms in total. The Hall–Kier alpha value is -1.02. The van der Waals surface area contributed by atoms with Crippen LogP contribution in [-0.2, 0) is 0 Å². The third-order valence-electron chi connectivity index (χ3n) is 5.29. The van der Waals surface area contributed by atoms with Crippen LogP contribution in [0, 0.1) is 25.7 Å². The topological polar surface area (TPSA) is 35.2 Å². The molecule has 0 aromatic heterocycles. The zero-order valence-corrected chi connectivity index (χ0v) is 13.4. The summed E-state index contributed by atoms with van der Waals surface area (Å²) in [4.78, 5) is 0. The van der Waals surface area contributed by atoms with E-state index < -0.39 is 0 Å². The fourth-order valence-corrected chi connectivity index (χ4v) is 3.73. The largest absolute Gasteiger partial charge is 0.496 e. The molecule has 2 N–H and O–H groups in total. The number of hydrogen-bond donors (Lipinski definition) is 1. The van der Waals surface area contributed by atoms with Crippen molar-refractivity contribution in [3.05, 3.63) is 28.8 Å². The van der Waals surface area contributed by atoms with E-state index in [0.717, 1.165) is 18.2 Å². The fraction of sp³-hybridized carbons (Fsp3) is 0.667. The van der Waals surface area contributed by atoms with Crippen molar-refractivity contribution < 1.29 is 4.74 Å². The second kappa shape index (κ2) is 6.62. The Morgan fingerprint density at radius 1 is 1.25 bits per heavy atom. The summed E-state index contributed by atoms with van der Waals surface area (Å²) < 4.78 is 5.73. The van der Waals surface area contributed by atoms with E-state index in [1.54, 1.807) is 7.11 Å². The number of nitrogens with two attached hydrogens (primary N) is 1. The van der Waals surface area contributed by atoms with Gasteiger partial charge in [-0.2, -0.15) is 0 Å². The van der Waals surface area contributed by atoms with Gasteiger partial charge in [0.2, 0.25) is 0 Å². The number of aryl methyl sites for hydroxylation is 1. The first-order chi connectivity index (χ1) is 9.62. The van der Waals surface area contributed by atoms with Crippen molar-refractivity contribution in [2.24, 2.45) is 17.6 Å². The first-order valence-electron chi connectivity index (χ1n) is 7.96. The van der Waals surface area contributed by atoms with Gasteiger partial charge in [-0.15, -0.1) is 0 Å². The third-order valence-corrected chi connectivity index (χ3v) is 5.29. The summed E-state index contributed by atoms with van der Waals surface area (Å²) in [5.41, 5.74) is 10.00. The Bertz CT molecular complexity index is 455. The van der Waals surface area contributed by atoms with E-state index in [-0.39, 0.29) is 0 Å². The summed E-state index contributed by atoms with van der Waals surface area (Å²) in [6.45, 7) is 7.41. The van der Waals surface area contributed by atoms with Gasteiger partial charge in [-0.1, -0.05) is 31.9 Å². The smallest absolute Gasteiger partial charge is 0.125 e. The zero-order chi connectivity index (χ0) is 14.7. The van der Waals surface area contributed by atoms with Crippen LogP contribution in [0.3, 0.4) is 0 Å². The van der Waals surface area contributed by atoms with E-state index in [1.165, 1.54) is 42.4 Å². The zero-order valence-electron chi connectivity index (χ0n) is 13.4. The molecule has 0 bridgehead atoms. The molecule has 1 saturated carbocycles. The van der Waals surface area contributed by atoms with Crippen LogP contribution in [0.5, 0.6) is 5.75 Å². The Balaban J connectivity index is 2.39. The second-order valence-corrected chi connectivity index (χ2v) is 6.32. The minimum atomic E-state index is 0.563. The lowest BCUT2D eigenvalue weighted by Gasteiger charge is -2.36. The normalized spacial score (nSPS) is 26.6. The molecule has 0 aliphatic heterocycles. The van der Waals surface area contributed by atoms with Gasteiger partial charge in [-0.05, 0) is 67.7 Å². The van der Waals surface area contributed by atoms with Crippen molar-refractivity contribution in [3.8, 4) is 5.75 Å². The van der Waals surface area contributed by atoms with E-state index >= 15 is 0 Å². The quantitative estimate of drug-likeness (QED) is 0.894. The average molecular weight is 275 g/mol. The molecule has 0 radical (unpaired) electrons. The molecule has 2 heteroatoms. The van der Waals surface area contributed by atoms with Crippen molar-refractivity contribution in [2.75, 3.05) is 13.7 Å². The fourth-order valence-electron chi connectivity index (χ4n) is 3.73. The summed E-state index contributed by atoms with van der Waals surface area (Å²) >= 11 is 0. The van der Waals surface area contributed by atoms with Crippen molar-refractivity contribution in [2.45, 2.75) is 52.4 Å².